The van der Waals surface area contributed by atoms with Crippen LogP contribution in [0.1, 0.15) is 67.1 Å². The van der Waals surface area contributed by atoms with Crippen LogP contribution in [0.5, 0.6) is 0 Å². The Bertz CT molecular complexity index is 1250. The van der Waals surface area contributed by atoms with Crippen LogP contribution in [0.25, 0.3) is 21.5 Å². The molecule has 0 aliphatic heterocycles. The molecule has 0 fully saturated rings. The molecule has 2 nitrogen and oxygen atoms in total. The summed E-state index contributed by atoms with van der Waals surface area (Å²) in [6.07, 6.45) is 1.08. The van der Waals surface area contributed by atoms with Crippen molar-refractivity contribution < 1.29 is 9.53 Å². The van der Waals surface area contributed by atoms with Crippen LogP contribution in [0.2, 0.25) is 0 Å². The number of aryl methyl sites for hydroxylation is 1. The van der Waals surface area contributed by atoms with Gasteiger partial charge in [0.05, 0.1) is 5.56 Å². The van der Waals surface area contributed by atoms with Crippen LogP contribution in [-0.4, -0.2) is 5.97 Å². The normalized spacial score (nSPS) is 12.8. The van der Waals surface area contributed by atoms with E-state index >= 15 is 0 Å². The highest BCUT2D eigenvalue weighted by Gasteiger charge is 2.27. The molecule has 0 aliphatic rings. The molecular formula is C29H30O2. The zero-order chi connectivity index (χ0) is 22.2. The van der Waals surface area contributed by atoms with Crippen molar-refractivity contribution >= 4 is 27.5 Å². The van der Waals surface area contributed by atoms with Gasteiger partial charge in [-0.3, -0.25) is 0 Å². The largest absolute Gasteiger partial charge is 0.451 e. The lowest BCUT2D eigenvalue weighted by Gasteiger charge is -2.26. The Labute approximate surface area is 184 Å². The summed E-state index contributed by atoms with van der Waals surface area (Å²) in [5.74, 6) is 0.189. The van der Waals surface area contributed by atoms with E-state index in [1.807, 2.05) is 38.1 Å². The van der Waals surface area contributed by atoms with Gasteiger partial charge in [0.2, 0.25) is 0 Å². The quantitative estimate of drug-likeness (QED) is 0.247. The van der Waals surface area contributed by atoms with E-state index in [2.05, 4.69) is 69.3 Å². The second-order valence-electron chi connectivity index (χ2n) is 9.01. The number of benzene rings is 4. The number of carbonyl (C=O) groups is 1. The van der Waals surface area contributed by atoms with Crippen molar-refractivity contribution in [3.05, 3.63) is 95.1 Å². The first-order chi connectivity index (χ1) is 14.8. The van der Waals surface area contributed by atoms with Crippen LogP contribution in [-0.2, 0) is 10.3 Å². The maximum absolute atomic E-state index is 12.9. The topological polar surface area (TPSA) is 26.3 Å². The number of hydrogen-bond donors (Lipinski definition) is 0. The van der Waals surface area contributed by atoms with E-state index in [-0.39, 0.29) is 5.97 Å². The summed E-state index contributed by atoms with van der Waals surface area (Å²) in [4.78, 5) is 12.9. The number of ether oxygens (including phenoxy) is 1. The van der Waals surface area contributed by atoms with E-state index in [0.717, 1.165) is 12.0 Å². The molecule has 158 valence electrons. The molecule has 1 unspecified atom stereocenters. The van der Waals surface area contributed by atoms with Gasteiger partial charge in [-0.15, -0.1) is 0 Å². The van der Waals surface area contributed by atoms with Gasteiger partial charge in [0.1, 0.15) is 5.60 Å². The molecule has 0 saturated carbocycles. The molecule has 31 heavy (non-hydrogen) atoms. The number of carbonyl (C=O) groups excluding carboxylic acids is 1. The molecule has 0 amide bonds. The maximum Gasteiger partial charge on any atom is 0.338 e. The van der Waals surface area contributed by atoms with Crippen LogP contribution in [0, 0.1) is 6.92 Å². The summed E-state index contributed by atoms with van der Waals surface area (Å²) in [6.45, 7) is 10.4. The molecule has 1 atom stereocenters. The van der Waals surface area contributed by atoms with Crippen molar-refractivity contribution in [3.63, 3.8) is 0 Å². The standard InChI is InChI=1S/C29H30O2/c1-6-19(2)21-11-13-22(14-12-21)28(30)31-29(4,5)24-15-16-26-25-10-8-7-9-23(25)17-20(3)27(26)18-24/h7-19H,6H2,1-5H3. The van der Waals surface area contributed by atoms with Crippen LogP contribution in [0.4, 0.5) is 0 Å². The van der Waals surface area contributed by atoms with E-state index in [0.29, 0.717) is 11.5 Å². The van der Waals surface area contributed by atoms with Gasteiger partial charge in [0.15, 0.2) is 0 Å². The van der Waals surface area contributed by atoms with E-state index in [9.17, 15) is 4.79 Å². The Morgan fingerprint density at radius 1 is 0.903 bits per heavy atom. The predicted octanol–water partition coefficient (Wildman–Crippen LogP) is 7.91. The van der Waals surface area contributed by atoms with Crippen molar-refractivity contribution in [1.82, 2.24) is 0 Å². The Kier molecular flexibility index (Phi) is 5.58. The van der Waals surface area contributed by atoms with Crippen LogP contribution in [0.3, 0.4) is 0 Å². The second kappa shape index (κ2) is 8.19. The minimum absolute atomic E-state index is 0.295. The number of hydrogen-bond acceptors (Lipinski definition) is 2. The lowest BCUT2D eigenvalue weighted by Crippen LogP contribution is -2.25. The lowest BCUT2D eigenvalue weighted by atomic mass is 9.91. The van der Waals surface area contributed by atoms with Crippen molar-refractivity contribution in [2.45, 2.75) is 52.6 Å². The fourth-order valence-corrected chi connectivity index (χ4v) is 4.19. The average Bonchev–Trinajstić information content (AvgIpc) is 2.78. The maximum atomic E-state index is 12.9. The first-order valence-electron chi connectivity index (χ1n) is 11.1. The van der Waals surface area contributed by atoms with Crippen molar-refractivity contribution in [2.24, 2.45) is 0 Å². The van der Waals surface area contributed by atoms with E-state index in [1.165, 1.54) is 32.7 Å². The highest BCUT2D eigenvalue weighted by molar-refractivity contribution is 6.09. The third kappa shape index (κ3) is 4.07. The van der Waals surface area contributed by atoms with Gasteiger partial charge in [-0.1, -0.05) is 68.4 Å². The average molecular weight is 411 g/mol. The Morgan fingerprint density at radius 2 is 1.61 bits per heavy atom. The van der Waals surface area contributed by atoms with Gasteiger partial charge >= 0.3 is 5.97 Å². The highest BCUT2D eigenvalue weighted by Crippen LogP contribution is 2.34. The molecule has 4 aromatic rings. The number of esters is 1. The molecule has 4 rings (SSSR count). The minimum atomic E-state index is -0.737. The summed E-state index contributed by atoms with van der Waals surface area (Å²) >= 11 is 0. The molecule has 0 aromatic heterocycles. The molecule has 0 aliphatic carbocycles. The molecule has 0 heterocycles. The Balaban J connectivity index is 1.64. The van der Waals surface area contributed by atoms with Gasteiger partial charge in [-0.05, 0) is 89.5 Å². The summed E-state index contributed by atoms with van der Waals surface area (Å²) < 4.78 is 5.97. The van der Waals surface area contributed by atoms with E-state index in [4.69, 9.17) is 4.74 Å². The molecular weight excluding hydrogens is 380 g/mol. The molecule has 0 saturated heterocycles. The molecule has 0 bridgehead atoms. The van der Waals surface area contributed by atoms with Crippen molar-refractivity contribution in [2.75, 3.05) is 0 Å². The van der Waals surface area contributed by atoms with Crippen LogP contribution in [0.15, 0.2) is 72.8 Å². The molecule has 2 heteroatoms. The highest BCUT2D eigenvalue weighted by atomic mass is 16.6. The monoisotopic (exact) mass is 410 g/mol. The minimum Gasteiger partial charge on any atom is -0.451 e. The smallest absolute Gasteiger partial charge is 0.338 e. The predicted molar refractivity (Wildman–Crippen MR) is 130 cm³/mol. The van der Waals surface area contributed by atoms with Crippen LogP contribution < -0.4 is 0 Å². The van der Waals surface area contributed by atoms with Gasteiger partial charge < -0.3 is 4.74 Å². The summed E-state index contributed by atoms with van der Waals surface area (Å²) in [6, 6.07) is 24.9. The first-order valence-corrected chi connectivity index (χ1v) is 11.1. The van der Waals surface area contributed by atoms with Gasteiger partial charge in [-0.25, -0.2) is 4.79 Å². The van der Waals surface area contributed by atoms with E-state index in [1.54, 1.807) is 0 Å². The lowest BCUT2D eigenvalue weighted by molar-refractivity contribution is -0.00307. The van der Waals surface area contributed by atoms with Gasteiger partial charge in [0, 0.05) is 0 Å². The van der Waals surface area contributed by atoms with Crippen LogP contribution >= 0.6 is 0 Å². The SMILES string of the molecule is CCC(C)c1ccc(C(=O)OC(C)(C)c2ccc3c(c2)c(C)cc2ccccc23)cc1. The fraction of sp³-hybridized carbons (Fsp3) is 0.276. The third-order valence-corrected chi connectivity index (χ3v) is 6.44. The summed E-state index contributed by atoms with van der Waals surface area (Å²) in [7, 11) is 0. The number of rotatable bonds is 5. The fourth-order valence-electron chi connectivity index (χ4n) is 4.19. The molecule has 0 radical (unpaired) electrons. The van der Waals surface area contributed by atoms with E-state index < -0.39 is 5.60 Å². The Hall–Kier alpha value is -3.13. The van der Waals surface area contributed by atoms with Gasteiger partial charge in [0.25, 0.3) is 0 Å². The molecule has 0 spiro atoms. The Morgan fingerprint density at radius 3 is 2.32 bits per heavy atom. The molecule has 0 N–H and O–H groups in total. The van der Waals surface area contributed by atoms with Crippen molar-refractivity contribution in [3.8, 4) is 0 Å². The van der Waals surface area contributed by atoms with Gasteiger partial charge in [-0.2, -0.15) is 0 Å². The zero-order valence-electron chi connectivity index (χ0n) is 19.0. The second-order valence-corrected chi connectivity index (χ2v) is 9.01. The summed E-state index contributed by atoms with van der Waals surface area (Å²) in [5, 5.41) is 4.90. The third-order valence-electron chi connectivity index (χ3n) is 6.44. The first kappa shape index (κ1) is 21.1. The van der Waals surface area contributed by atoms with Crippen molar-refractivity contribution in [1.29, 1.82) is 0 Å². The summed E-state index contributed by atoms with van der Waals surface area (Å²) in [5.41, 5.74) is 3.30. The molecule has 4 aromatic carbocycles. The zero-order valence-corrected chi connectivity index (χ0v) is 19.0. The number of fused-ring (bicyclic) bond motifs is 3.